The number of thioether (sulfide) groups is 1. The summed E-state index contributed by atoms with van der Waals surface area (Å²) in [7, 11) is 0. The zero-order chi connectivity index (χ0) is 30.3. The minimum Gasteiger partial charge on any atom is -0.478 e. The number of allylic oxidation sites excluding steroid dienone is 1. The fraction of sp³-hybridized carbons (Fsp3) is 0.250. The normalized spacial score (nSPS) is 15.1. The second-order valence-electron chi connectivity index (χ2n) is 10.3. The second-order valence-corrected chi connectivity index (χ2v) is 12.2. The third-order valence-corrected chi connectivity index (χ3v) is 8.85. The zero-order valence-electron chi connectivity index (χ0n) is 24.2. The van der Waals surface area contributed by atoms with Gasteiger partial charge in [-0.1, -0.05) is 29.5 Å². The van der Waals surface area contributed by atoms with Gasteiger partial charge in [0.1, 0.15) is 0 Å². The Labute approximate surface area is 251 Å². The summed E-state index contributed by atoms with van der Waals surface area (Å²) in [5.74, 6) is -1.49. The molecule has 10 heteroatoms. The fourth-order valence-corrected chi connectivity index (χ4v) is 6.66. The molecule has 2 aromatic heterocycles. The number of carboxylic acids is 1. The molecule has 2 aromatic carbocycles. The number of fused-ring (bicyclic) bond motifs is 1. The molecule has 0 saturated heterocycles. The molecule has 42 heavy (non-hydrogen) atoms. The monoisotopic (exact) mass is 601 g/mol. The highest BCUT2D eigenvalue weighted by atomic mass is 32.2. The van der Waals surface area contributed by atoms with Gasteiger partial charge in [-0.25, -0.2) is 14.6 Å². The van der Waals surface area contributed by atoms with Crippen LogP contribution in [0.1, 0.15) is 59.7 Å². The summed E-state index contributed by atoms with van der Waals surface area (Å²) in [6.07, 6.45) is 3.50. The lowest BCUT2D eigenvalue weighted by Crippen LogP contribution is -2.40. The largest absolute Gasteiger partial charge is 0.478 e. The van der Waals surface area contributed by atoms with Crippen molar-refractivity contribution < 1.29 is 19.4 Å². The van der Waals surface area contributed by atoms with Crippen LogP contribution in [0, 0.1) is 13.8 Å². The van der Waals surface area contributed by atoms with Crippen molar-refractivity contribution in [3.63, 3.8) is 0 Å². The molecule has 0 unspecified atom stereocenters. The van der Waals surface area contributed by atoms with Gasteiger partial charge in [-0.3, -0.25) is 9.36 Å². The Morgan fingerprint density at radius 1 is 1.10 bits per heavy atom. The number of rotatable bonds is 7. The van der Waals surface area contributed by atoms with Gasteiger partial charge in [0, 0.05) is 22.0 Å². The van der Waals surface area contributed by atoms with E-state index >= 15 is 0 Å². The van der Waals surface area contributed by atoms with Gasteiger partial charge in [0.15, 0.2) is 4.80 Å². The van der Waals surface area contributed by atoms with E-state index in [0.29, 0.717) is 20.6 Å². The first-order valence-corrected chi connectivity index (χ1v) is 15.4. The van der Waals surface area contributed by atoms with Crippen LogP contribution in [-0.2, 0) is 9.53 Å². The summed E-state index contributed by atoms with van der Waals surface area (Å²) in [6, 6.07) is 15.9. The number of thiazole rings is 1. The van der Waals surface area contributed by atoms with Crippen LogP contribution in [0.5, 0.6) is 0 Å². The van der Waals surface area contributed by atoms with E-state index in [1.807, 2.05) is 67.1 Å². The number of hydrogen-bond acceptors (Lipinski definition) is 7. The van der Waals surface area contributed by atoms with Gasteiger partial charge in [-0.05, 0) is 94.5 Å². The van der Waals surface area contributed by atoms with Gasteiger partial charge in [-0.15, -0.1) is 11.8 Å². The number of benzene rings is 2. The lowest BCUT2D eigenvalue weighted by molar-refractivity contribution is -0.143. The highest BCUT2D eigenvalue weighted by molar-refractivity contribution is 7.98. The zero-order valence-corrected chi connectivity index (χ0v) is 25.8. The van der Waals surface area contributed by atoms with Crippen LogP contribution in [0.2, 0.25) is 0 Å². The van der Waals surface area contributed by atoms with Gasteiger partial charge < -0.3 is 14.4 Å². The van der Waals surface area contributed by atoms with Crippen molar-refractivity contribution in [3.05, 3.63) is 114 Å². The lowest BCUT2D eigenvalue weighted by atomic mass is 9.96. The first kappa shape index (κ1) is 29.3. The number of nitrogens with zero attached hydrogens (tertiary/aromatic N) is 3. The fourth-order valence-electron chi connectivity index (χ4n) is 5.21. The summed E-state index contributed by atoms with van der Waals surface area (Å²) in [4.78, 5) is 45.2. The van der Waals surface area contributed by atoms with E-state index in [4.69, 9.17) is 4.74 Å². The number of hydrogen-bond donors (Lipinski definition) is 1. The number of aryl methyl sites for hydroxylation is 1. The topological polar surface area (TPSA) is 103 Å². The summed E-state index contributed by atoms with van der Waals surface area (Å²) in [5, 5.41) is 9.46. The molecule has 8 nitrogen and oxygen atoms in total. The van der Waals surface area contributed by atoms with Crippen LogP contribution >= 0.6 is 23.1 Å². The molecule has 3 heterocycles. The smallest absolute Gasteiger partial charge is 0.338 e. The Morgan fingerprint density at radius 2 is 1.81 bits per heavy atom. The van der Waals surface area contributed by atoms with Crippen LogP contribution in [0.25, 0.3) is 11.8 Å². The molecule has 0 saturated carbocycles. The van der Waals surface area contributed by atoms with E-state index in [1.54, 1.807) is 55.3 Å². The van der Waals surface area contributed by atoms with Crippen molar-refractivity contribution in [1.29, 1.82) is 0 Å². The van der Waals surface area contributed by atoms with Crippen LogP contribution < -0.4 is 14.9 Å². The Kier molecular flexibility index (Phi) is 8.12. The minimum absolute atomic E-state index is 0.197. The van der Waals surface area contributed by atoms with Gasteiger partial charge >= 0.3 is 11.9 Å². The molecule has 0 fully saturated rings. The van der Waals surface area contributed by atoms with Crippen LogP contribution in [0.15, 0.2) is 80.5 Å². The molecule has 5 rings (SSSR count). The van der Waals surface area contributed by atoms with E-state index in [9.17, 15) is 19.5 Å². The van der Waals surface area contributed by atoms with Crippen molar-refractivity contribution in [2.45, 2.75) is 51.7 Å². The number of aromatic nitrogens is 2. The standard InChI is InChI=1S/C32H31N3O5S2/c1-17(2)40-31(39)27-19(4)33-32-35(28(27)21-10-12-25(41-6)13-11-21)29(36)26(42-32)16-23-14-18(3)34(20(23)5)24-9-7-8-22(15-24)30(37)38/h7-17,28H,1-6H3,(H,37,38)/b26-16-/t28-/m0/s1. The number of carbonyl (C=O) groups is 2. The SMILES string of the molecule is CSc1ccc([C@H]2C(C(=O)OC(C)C)=C(C)N=c3s/c(=C\c4cc(C)n(-c5cccc(C(=O)O)c5)c4C)c(=O)n32)cc1. The van der Waals surface area contributed by atoms with E-state index < -0.39 is 18.0 Å². The lowest BCUT2D eigenvalue weighted by Gasteiger charge is -2.25. The summed E-state index contributed by atoms with van der Waals surface area (Å²) in [6.45, 7) is 9.23. The van der Waals surface area contributed by atoms with E-state index in [2.05, 4.69) is 4.99 Å². The van der Waals surface area contributed by atoms with E-state index in [-0.39, 0.29) is 17.2 Å². The highest BCUT2D eigenvalue weighted by Gasteiger charge is 2.33. The molecule has 1 N–H and O–H groups in total. The Balaban J connectivity index is 1.67. The number of carbonyl (C=O) groups excluding carboxylic acids is 1. The number of carboxylic acid groups (broad SMARTS) is 1. The Morgan fingerprint density at radius 3 is 2.45 bits per heavy atom. The average Bonchev–Trinajstić information content (AvgIpc) is 3.41. The molecule has 0 amide bonds. The molecule has 216 valence electrons. The van der Waals surface area contributed by atoms with Gasteiger partial charge in [0.05, 0.1) is 33.5 Å². The van der Waals surface area contributed by atoms with Crippen molar-refractivity contribution in [2.24, 2.45) is 4.99 Å². The molecule has 0 radical (unpaired) electrons. The number of esters is 1. The maximum absolute atomic E-state index is 14.0. The predicted octanol–water partition coefficient (Wildman–Crippen LogP) is 5.01. The Bertz CT molecular complexity index is 1930. The molecular weight excluding hydrogens is 571 g/mol. The quantitative estimate of drug-likeness (QED) is 0.236. The number of aromatic carboxylic acids is 1. The van der Waals surface area contributed by atoms with Crippen LogP contribution in [-0.4, -0.2) is 38.5 Å². The number of ether oxygens (including phenoxy) is 1. The summed E-state index contributed by atoms with van der Waals surface area (Å²) < 4.78 is 9.62. The first-order valence-electron chi connectivity index (χ1n) is 13.4. The maximum atomic E-state index is 14.0. The van der Waals surface area contributed by atoms with Crippen molar-refractivity contribution >= 4 is 41.1 Å². The van der Waals surface area contributed by atoms with Crippen molar-refractivity contribution in [3.8, 4) is 5.69 Å². The third kappa shape index (κ3) is 5.39. The molecular formula is C32H31N3O5S2. The van der Waals surface area contributed by atoms with Gasteiger partial charge in [-0.2, -0.15) is 0 Å². The van der Waals surface area contributed by atoms with Crippen LogP contribution in [0.4, 0.5) is 0 Å². The maximum Gasteiger partial charge on any atom is 0.338 e. The third-order valence-electron chi connectivity index (χ3n) is 7.12. The molecule has 1 aliphatic heterocycles. The van der Waals surface area contributed by atoms with Crippen molar-refractivity contribution in [1.82, 2.24) is 9.13 Å². The highest BCUT2D eigenvalue weighted by Crippen LogP contribution is 2.32. The van der Waals surface area contributed by atoms with Gasteiger partial charge in [0.25, 0.3) is 5.56 Å². The van der Waals surface area contributed by atoms with Crippen molar-refractivity contribution in [2.75, 3.05) is 6.26 Å². The summed E-state index contributed by atoms with van der Waals surface area (Å²) >= 11 is 2.89. The first-order chi connectivity index (χ1) is 20.0. The second kappa shape index (κ2) is 11.6. The van der Waals surface area contributed by atoms with Crippen LogP contribution in [0.3, 0.4) is 0 Å². The van der Waals surface area contributed by atoms with E-state index in [0.717, 1.165) is 33.1 Å². The molecule has 0 aliphatic carbocycles. The average molecular weight is 602 g/mol. The van der Waals surface area contributed by atoms with Gasteiger partial charge in [0.2, 0.25) is 0 Å². The van der Waals surface area contributed by atoms with E-state index in [1.165, 1.54) is 11.3 Å². The minimum atomic E-state index is -0.995. The molecule has 0 spiro atoms. The molecule has 0 bridgehead atoms. The molecule has 4 aromatic rings. The summed E-state index contributed by atoms with van der Waals surface area (Å²) in [5.41, 5.74) is 4.91. The predicted molar refractivity (Wildman–Crippen MR) is 165 cm³/mol. The Hall–Kier alpha value is -4.15. The molecule has 1 atom stereocenters. The molecule has 1 aliphatic rings.